The Labute approximate surface area is 194 Å². The Morgan fingerprint density at radius 1 is 0.793 bits per heavy atom. The van der Waals surface area contributed by atoms with E-state index in [1.807, 2.05) is 0 Å². The molecule has 8 nitrogen and oxygen atoms in total. The molecule has 0 aliphatic carbocycles. The van der Waals surface area contributed by atoms with Crippen molar-refractivity contribution in [1.82, 2.24) is 9.97 Å². The van der Waals surface area contributed by atoms with Gasteiger partial charge in [-0.2, -0.15) is 0 Å². The van der Waals surface area contributed by atoms with Crippen LogP contribution in [-0.4, -0.2) is 48.7 Å². The molecule has 0 atom stereocenters. The topological polar surface area (TPSA) is 113 Å². The van der Waals surface area contributed by atoms with Crippen molar-refractivity contribution in [2.24, 2.45) is 0 Å². The van der Waals surface area contributed by atoms with Gasteiger partial charge in [0.1, 0.15) is 11.4 Å². The van der Waals surface area contributed by atoms with Crippen molar-refractivity contribution < 1.29 is 72.9 Å². The van der Waals surface area contributed by atoms with E-state index in [0.29, 0.717) is 11.4 Å². The van der Waals surface area contributed by atoms with Gasteiger partial charge in [-0.1, -0.05) is 0 Å². The van der Waals surface area contributed by atoms with Gasteiger partial charge in [-0.05, 0) is 38.1 Å². The number of nitrogens with zero attached hydrogens (tertiary/aromatic N) is 2. The molecule has 0 aromatic carbocycles. The fourth-order valence-electron chi connectivity index (χ4n) is 1.94. The van der Waals surface area contributed by atoms with Crippen LogP contribution in [0.1, 0.15) is 34.6 Å². The zero-order valence-electron chi connectivity index (χ0n) is 15.5. The maximum atomic E-state index is 12.0. The third-order valence-corrected chi connectivity index (χ3v) is 2.83. The number of carbonyl (C=O) groups excluding carboxylic acids is 4. The van der Waals surface area contributed by atoms with Gasteiger partial charge in [-0.3, -0.25) is 23.5 Å². The van der Waals surface area contributed by atoms with E-state index in [1.54, 1.807) is 38.1 Å². The molecule has 0 unspecified atom stereocenters. The average Bonchev–Trinajstić information content (AvgIpc) is 2.71. The van der Waals surface area contributed by atoms with Gasteiger partial charge in [0.05, 0.1) is 24.3 Å². The molecule has 0 aliphatic heterocycles. The summed E-state index contributed by atoms with van der Waals surface area (Å²) in [5.41, 5.74) is 1.11. The molecule has 2 aromatic heterocycles. The second kappa shape index (κ2) is 20.5. The molecule has 158 valence electrons. The summed E-state index contributed by atoms with van der Waals surface area (Å²) in [7, 11) is 0. The van der Waals surface area contributed by atoms with E-state index in [1.165, 1.54) is 12.4 Å². The summed E-state index contributed by atoms with van der Waals surface area (Å²) >= 11 is 0. The molecule has 2 rings (SSSR count). The molecule has 29 heavy (non-hydrogen) atoms. The van der Waals surface area contributed by atoms with Gasteiger partial charge in [0.2, 0.25) is 0 Å². The summed E-state index contributed by atoms with van der Waals surface area (Å²) in [5, 5.41) is 0. The molecule has 0 N–H and O–H groups in total. The Balaban J connectivity index is -0.000000420. The zero-order valence-corrected chi connectivity index (χ0v) is 18.7. The van der Waals surface area contributed by atoms with E-state index in [-0.39, 0.29) is 68.6 Å². The molecular formula is C18H18Cl2N2O6Ru. The van der Waals surface area contributed by atoms with Gasteiger partial charge in [0.15, 0.2) is 0 Å². The third kappa shape index (κ3) is 10.2. The summed E-state index contributed by atoms with van der Waals surface area (Å²) in [6.07, 6.45) is 3.06. The van der Waals surface area contributed by atoms with Gasteiger partial charge >= 0.3 is 31.4 Å². The fraction of sp³-hybridized carbons (Fsp3) is 0.222. The minimum Gasteiger partial charge on any atom is -1.00 e. The summed E-state index contributed by atoms with van der Waals surface area (Å²) in [5.74, 6) is -1.02. The Morgan fingerprint density at radius 2 is 1.10 bits per heavy atom. The fourth-order valence-corrected chi connectivity index (χ4v) is 1.94. The quantitative estimate of drug-likeness (QED) is 0.166. The van der Waals surface area contributed by atoms with Gasteiger partial charge in [0.25, 0.3) is 0 Å². The second-order valence-electron chi connectivity index (χ2n) is 4.24. The van der Waals surface area contributed by atoms with Crippen molar-refractivity contribution in [3.63, 3.8) is 0 Å². The van der Waals surface area contributed by atoms with Crippen LogP contribution in [0.15, 0.2) is 36.7 Å². The smallest absolute Gasteiger partial charge is 1.00 e. The summed E-state index contributed by atoms with van der Waals surface area (Å²) in [6, 6.07) is 6.43. The summed E-state index contributed by atoms with van der Waals surface area (Å²) < 4.78 is 10.0. The molecule has 0 saturated heterocycles. The zero-order chi connectivity index (χ0) is 19.9. The Morgan fingerprint density at radius 3 is 1.38 bits per heavy atom. The molecule has 11 heteroatoms. The first-order chi connectivity index (χ1) is 12.7. The first-order valence-electron chi connectivity index (χ1n) is 7.40. The summed E-state index contributed by atoms with van der Waals surface area (Å²) in [6.45, 7) is 10.4. The first kappa shape index (κ1) is 34.3. The number of carbonyl (C=O) groups is 2. The van der Waals surface area contributed by atoms with Crippen molar-refractivity contribution in [2.75, 3.05) is 13.2 Å². The molecular weight excluding hydrogens is 512 g/mol. The van der Waals surface area contributed by atoms with Crippen LogP contribution in [-0.2, 0) is 38.5 Å². The van der Waals surface area contributed by atoms with Crippen LogP contribution in [0.2, 0.25) is 0 Å². The molecule has 2 heterocycles. The van der Waals surface area contributed by atoms with Crippen LogP contribution < -0.4 is 24.8 Å². The largest absolute Gasteiger partial charge is 4.00 e. The van der Waals surface area contributed by atoms with E-state index in [9.17, 15) is 9.59 Å². The summed E-state index contributed by atoms with van der Waals surface area (Å²) in [4.78, 5) is 47.9. The molecule has 0 spiro atoms. The predicted octanol–water partition coefficient (Wildman–Crippen LogP) is -4.05. The first-order valence-corrected chi connectivity index (χ1v) is 7.40. The number of aromatic nitrogens is 2. The second-order valence-corrected chi connectivity index (χ2v) is 4.24. The predicted molar refractivity (Wildman–Crippen MR) is 92.9 cm³/mol. The Hall–Kier alpha value is -2.22. The number of hydrogen-bond acceptors (Lipinski definition) is 8. The van der Waals surface area contributed by atoms with Gasteiger partial charge in [-0.15, -0.1) is 0 Å². The van der Waals surface area contributed by atoms with Crippen molar-refractivity contribution in [1.29, 1.82) is 0 Å². The van der Waals surface area contributed by atoms with E-state index >= 15 is 0 Å². The third-order valence-electron chi connectivity index (χ3n) is 2.83. The van der Waals surface area contributed by atoms with Crippen molar-refractivity contribution in [2.45, 2.75) is 13.8 Å². The standard InChI is InChI=1S/C16H16N2O4.2CHO.2ClH.Ru/c1-3-21-15(19)11-7-5-9-17-13(11)14-12(8-6-10-18-14)16(20)22-4-2;2*1-2;;;/h5-10H,3-4H2,1-2H3;2*1H;2*1H;/q;2*-1;;;+4/p-2. The number of pyridine rings is 2. The van der Waals surface area contributed by atoms with Crippen LogP contribution in [0.3, 0.4) is 0 Å². The molecule has 0 amide bonds. The average molecular weight is 530 g/mol. The van der Waals surface area contributed by atoms with Crippen LogP contribution in [0, 0.1) is 0 Å². The van der Waals surface area contributed by atoms with Crippen molar-refractivity contribution in [3.05, 3.63) is 47.8 Å². The maximum absolute atomic E-state index is 12.0. The normalized spacial score (nSPS) is 7.93. The minimum absolute atomic E-state index is 0. The number of halogens is 2. The SMILES string of the molecule is CCOC(=O)c1cccnc1-c1ncccc1C(=O)OCC.[CH-]=O.[CH-]=O.[Cl-].[Cl-].[Ru+4]. The monoisotopic (exact) mass is 530 g/mol. The number of rotatable bonds is 5. The van der Waals surface area contributed by atoms with Crippen LogP contribution in [0.4, 0.5) is 0 Å². The number of esters is 2. The van der Waals surface area contributed by atoms with Gasteiger partial charge in [-0.25, -0.2) is 9.59 Å². The van der Waals surface area contributed by atoms with Gasteiger partial charge in [0, 0.05) is 12.4 Å². The van der Waals surface area contributed by atoms with E-state index in [4.69, 9.17) is 19.1 Å². The molecule has 0 radical (unpaired) electrons. The molecule has 0 saturated carbocycles. The van der Waals surface area contributed by atoms with Crippen LogP contribution in [0.25, 0.3) is 11.4 Å². The van der Waals surface area contributed by atoms with Gasteiger partial charge < -0.3 is 43.9 Å². The molecule has 0 bridgehead atoms. The van der Waals surface area contributed by atoms with E-state index in [0.717, 1.165) is 0 Å². The Kier molecular flexibility index (Phi) is 24.3. The van der Waals surface area contributed by atoms with E-state index < -0.39 is 11.9 Å². The van der Waals surface area contributed by atoms with E-state index in [2.05, 4.69) is 23.5 Å². The molecule has 0 aliphatic rings. The molecule has 2 aromatic rings. The number of hydrogen-bond donors (Lipinski definition) is 0. The molecule has 0 fully saturated rings. The van der Waals surface area contributed by atoms with Crippen molar-refractivity contribution in [3.8, 4) is 11.4 Å². The van der Waals surface area contributed by atoms with Crippen LogP contribution >= 0.6 is 0 Å². The minimum atomic E-state index is -0.508. The van der Waals surface area contributed by atoms with Crippen LogP contribution in [0.5, 0.6) is 0 Å². The number of ether oxygens (including phenoxy) is 2. The van der Waals surface area contributed by atoms with Crippen molar-refractivity contribution >= 4 is 25.5 Å². The Bertz CT molecular complexity index is 676. The maximum Gasteiger partial charge on any atom is 4.00 e.